The number of benzene rings is 1. The molecule has 0 unspecified atom stereocenters. The van der Waals surface area contributed by atoms with Gasteiger partial charge in [-0.05, 0) is 44.1 Å². The fourth-order valence-corrected chi connectivity index (χ4v) is 3.15. The summed E-state index contributed by atoms with van der Waals surface area (Å²) in [5.41, 5.74) is -0.348. The number of esters is 1. The average molecular weight is 318 g/mol. The third kappa shape index (κ3) is 3.80. The molecule has 0 atom stereocenters. The second-order valence-corrected chi connectivity index (χ2v) is 6.07. The van der Waals surface area contributed by atoms with Gasteiger partial charge in [0.25, 0.3) is 5.91 Å². The van der Waals surface area contributed by atoms with E-state index < -0.39 is 17.4 Å². The van der Waals surface area contributed by atoms with Crippen molar-refractivity contribution in [1.82, 2.24) is 5.32 Å². The van der Waals surface area contributed by atoms with Crippen molar-refractivity contribution in [1.29, 1.82) is 5.26 Å². The summed E-state index contributed by atoms with van der Waals surface area (Å²) in [6.45, 7) is -0.370. The molecule has 5 nitrogen and oxygen atoms in total. The highest BCUT2D eigenvalue weighted by atomic mass is 32.2. The lowest BCUT2D eigenvalue weighted by Gasteiger charge is -2.21. The molecule has 1 aliphatic carbocycles. The van der Waals surface area contributed by atoms with Gasteiger partial charge in [0.1, 0.15) is 5.54 Å². The number of carbonyl (C=O) groups is 2. The van der Waals surface area contributed by atoms with Gasteiger partial charge >= 0.3 is 5.97 Å². The molecule has 0 aliphatic heterocycles. The second kappa shape index (κ2) is 7.32. The number of rotatable bonds is 5. The van der Waals surface area contributed by atoms with E-state index in [1.54, 1.807) is 12.1 Å². The Morgan fingerprint density at radius 3 is 2.68 bits per heavy atom. The molecule has 1 aromatic rings. The molecule has 0 spiro atoms. The van der Waals surface area contributed by atoms with Gasteiger partial charge in [0.15, 0.2) is 6.61 Å². The van der Waals surface area contributed by atoms with Gasteiger partial charge in [-0.2, -0.15) is 5.26 Å². The molecule has 6 heteroatoms. The van der Waals surface area contributed by atoms with E-state index in [4.69, 9.17) is 4.74 Å². The van der Waals surface area contributed by atoms with Crippen LogP contribution in [0.15, 0.2) is 29.2 Å². The molecule has 1 fully saturated rings. The summed E-state index contributed by atoms with van der Waals surface area (Å²) < 4.78 is 5.06. The first kappa shape index (κ1) is 16.4. The van der Waals surface area contributed by atoms with Crippen LogP contribution in [0.2, 0.25) is 0 Å². The first-order valence-corrected chi connectivity index (χ1v) is 8.35. The molecule has 1 saturated carbocycles. The van der Waals surface area contributed by atoms with Crippen LogP contribution in [0.3, 0.4) is 0 Å². The normalized spacial score (nSPS) is 15.8. The monoisotopic (exact) mass is 318 g/mol. The van der Waals surface area contributed by atoms with Gasteiger partial charge in [-0.15, -0.1) is 11.8 Å². The van der Waals surface area contributed by atoms with Crippen LogP contribution in [0.25, 0.3) is 0 Å². The number of amides is 1. The quantitative estimate of drug-likeness (QED) is 0.666. The largest absolute Gasteiger partial charge is 0.452 e. The second-order valence-electron chi connectivity index (χ2n) is 5.23. The molecule has 1 amide bonds. The van der Waals surface area contributed by atoms with E-state index in [0.717, 1.165) is 17.7 Å². The van der Waals surface area contributed by atoms with Crippen LogP contribution in [-0.4, -0.2) is 30.3 Å². The van der Waals surface area contributed by atoms with Crippen LogP contribution in [-0.2, 0) is 9.53 Å². The Labute approximate surface area is 134 Å². The Balaban J connectivity index is 1.91. The number of carbonyl (C=O) groups excluding carboxylic acids is 2. The molecular weight excluding hydrogens is 300 g/mol. The molecule has 1 N–H and O–H groups in total. The third-order valence-electron chi connectivity index (χ3n) is 3.71. The van der Waals surface area contributed by atoms with Crippen LogP contribution in [0.1, 0.15) is 36.0 Å². The average Bonchev–Trinajstić information content (AvgIpc) is 3.01. The molecule has 0 bridgehead atoms. The van der Waals surface area contributed by atoms with Gasteiger partial charge in [0.2, 0.25) is 0 Å². The molecule has 22 heavy (non-hydrogen) atoms. The maximum Gasteiger partial charge on any atom is 0.339 e. The summed E-state index contributed by atoms with van der Waals surface area (Å²) in [5, 5.41) is 11.9. The van der Waals surface area contributed by atoms with Crippen molar-refractivity contribution < 1.29 is 14.3 Å². The number of nitrogens with one attached hydrogen (secondary N) is 1. The van der Waals surface area contributed by atoms with Crippen molar-refractivity contribution in [2.45, 2.75) is 36.1 Å². The molecular formula is C16H18N2O3S. The number of thioether (sulfide) groups is 1. The molecule has 0 radical (unpaired) electrons. The summed E-state index contributed by atoms with van der Waals surface area (Å²) in [6, 6.07) is 9.25. The fraction of sp³-hybridized carbons (Fsp3) is 0.438. The lowest BCUT2D eigenvalue weighted by molar-refractivity contribution is -0.125. The minimum atomic E-state index is -0.791. The van der Waals surface area contributed by atoms with Gasteiger partial charge in [-0.1, -0.05) is 12.1 Å². The van der Waals surface area contributed by atoms with Gasteiger partial charge < -0.3 is 10.1 Å². The van der Waals surface area contributed by atoms with E-state index >= 15 is 0 Å². The Morgan fingerprint density at radius 2 is 2.05 bits per heavy atom. The lowest BCUT2D eigenvalue weighted by atomic mass is 10.00. The smallest absolute Gasteiger partial charge is 0.339 e. The Kier molecular flexibility index (Phi) is 5.45. The Bertz CT molecular complexity index is 604. The van der Waals surface area contributed by atoms with Crippen molar-refractivity contribution in [3.63, 3.8) is 0 Å². The van der Waals surface area contributed by atoms with Crippen molar-refractivity contribution in [3.8, 4) is 6.07 Å². The van der Waals surface area contributed by atoms with E-state index in [9.17, 15) is 14.9 Å². The van der Waals surface area contributed by atoms with Gasteiger partial charge in [0.05, 0.1) is 11.6 Å². The first-order valence-electron chi connectivity index (χ1n) is 7.13. The van der Waals surface area contributed by atoms with Gasteiger partial charge in [0, 0.05) is 4.90 Å². The van der Waals surface area contributed by atoms with Crippen LogP contribution in [0, 0.1) is 11.3 Å². The Morgan fingerprint density at radius 1 is 1.36 bits per heavy atom. The zero-order chi connectivity index (χ0) is 16.0. The van der Waals surface area contributed by atoms with Crippen LogP contribution < -0.4 is 5.32 Å². The third-order valence-corrected chi connectivity index (χ3v) is 4.51. The molecule has 116 valence electrons. The minimum absolute atomic E-state index is 0.370. The van der Waals surface area contributed by atoms with Crippen molar-refractivity contribution in [2.24, 2.45) is 0 Å². The topological polar surface area (TPSA) is 79.2 Å². The molecule has 0 heterocycles. The minimum Gasteiger partial charge on any atom is -0.452 e. The Hall–Kier alpha value is -2.00. The fourth-order valence-electron chi connectivity index (χ4n) is 2.57. The number of nitriles is 1. The zero-order valence-electron chi connectivity index (χ0n) is 12.4. The van der Waals surface area contributed by atoms with Crippen LogP contribution >= 0.6 is 11.8 Å². The number of hydrogen-bond acceptors (Lipinski definition) is 5. The van der Waals surface area contributed by atoms with Crippen LogP contribution in [0.5, 0.6) is 0 Å². The molecule has 0 saturated heterocycles. The molecule has 1 aliphatic rings. The van der Waals surface area contributed by atoms with E-state index in [0.29, 0.717) is 18.4 Å². The molecule has 1 aromatic carbocycles. The summed E-state index contributed by atoms with van der Waals surface area (Å²) in [7, 11) is 0. The zero-order valence-corrected chi connectivity index (χ0v) is 13.2. The number of hydrogen-bond donors (Lipinski definition) is 1. The van der Waals surface area contributed by atoms with Crippen molar-refractivity contribution in [2.75, 3.05) is 12.9 Å². The van der Waals surface area contributed by atoms with E-state index in [2.05, 4.69) is 11.4 Å². The number of nitrogens with zero attached hydrogens (tertiary/aromatic N) is 1. The summed E-state index contributed by atoms with van der Waals surface area (Å²) in [4.78, 5) is 24.7. The maximum atomic E-state index is 12.0. The standard InChI is InChI=1S/C16H18N2O3S/c1-22-13-7-3-2-6-12(13)15(20)21-10-14(19)18-16(11-17)8-4-5-9-16/h2-3,6-7H,4-5,8-10H2,1H3,(H,18,19). The van der Waals surface area contributed by atoms with Crippen molar-refractivity contribution in [3.05, 3.63) is 29.8 Å². The van der Waals surface area contributed by atoms with E-state index in [-0.39, 0.29) is 6.61 Å². The summed E-state index contributed by atoms with van der Waals surface area (Å²) in [5.74, 6) is -0.962. The van der Waals surface area contributed by atoms with Gasteiger partial charge in [-0.25, -0.2) is 4.79 Å². The first-order chi connectivity index (χ1) is 10.6. The number of ether oxygens (including phenoxy) is 1. The highest BCUT2D eigenvalue weighted by Crippen LogP contribution is 2.28. The van der Waals surface area contributed by atoms with Gasteiger partial charge in [-0.3, -0.25) is 4.79 Å². The predicted molar refractivity (Wildman–Crippen MR) is 83.5 cm³/mol. The highest BCUT2D eigenvalue weighted by Gasteiger charge is 2.35. The van der Waals surface area contributed by atoms with E-state index in [1.165, 1.54) is 11.8 Å². The van der Waals surface area contributed by atoms with E-state index in [1.807, 2.05) is 18.4 Å². The molecule has 0 aromatic heterocycles. The van der Waals surface area contributed by atoms with Crippen LogP contribution in [0.4, 0.5) is 0 Å². The summed E-state index contributed by atoms with van der Waals surface area (Å²) in [6.07, 6.45) is 5.02. The SMILES string of the molecule is CSc1ccccc1C(=O)OCC(=O)NC1(C#N)CCCC1. The molecule has 2 rings (SSSR count). The summed E-state index contributed by atoms with van der Waals surface area (Å²) >= 11 is 1.44. The predicted octanol–water partition coefficient (Wildman–Crippen LogP) is 2.52. The highest BCUT2D eigenvalue weighted by molar-refractivity contribution is 7.98. The maximum absolute atomic E-state index is 12.0. The van der Waals surface area contributed by atoms with Crippen molar-refractivity contribution >= 4 is 23.6 Å². The lowest BCUT2D eigenvalue weighted by Crippen LogP contribution is -2.46.